The molecular formula is C36H49N5O5. The molecule has 3 N–H and O–H groups in total. The Kier molecular flexibility index (Phi) is 12.3. The number of unbranched alkanes of at least 4 members (excludes halogenated alkanes) is 2. The van der Waals surface area contributed by atoms with Gasteiger partial charge in [-0.2, -0.15) is 0 Å². The number of amides is 3. The third kappa shape index (κ3) is 8.10. The molecule has 2 saturated heterocycles. The van der Waals surface area contributed by atoms with E-state index in [1.165, 1.54) is 0 Å². The van der Waals surface area contributed by atoms with Crippen LogP contribution in [0.15, 0.2) is 78.7 Å². The van der Waals surface area contributed by atoms with E-state index >= 15 is 0 Å². The Morgan fingerprint density at radius 3 is 2.70 bits per heavy atom. The fourth-order valence-corrected chi connectivity index (χ4v) is 6.14. The van der Waals surface area contributed by atoms with Gasteiger partial charge in [-0.1, -0.05) is 81.7 Å². The van der Waals surface area contributed by atoms with Gasteiger partial charge < -0.3 is 30.3 Å². The topological polar surface area (TPSA) is 122 Å². The van der Waals surface area contributed by atoms with Crippen LogP contribution < -0.4 is 16.0 Å². The van der Waals surface area contributed by atoms with Crippen LogP contribution in [0.5, 0.6) is 0 Å². The highest BCUT2D eigenvalue weighted by atomic mass is 16.7. The van der Waals surface area contributed by atoms with Gasteiger partial charge in [0.05, 0.1) is 30.9 Å². The molecule has 3 aliphatic heterocycles. The Bertz CT molecular complexity index is 1400. The largest absolute Gasteiger partial charge is 0.338 e. The van der Waals surface area contributed by atoms with Crippen LogP contribution in [-0.2, 0) is 29.6 Å². The first kappa shape index (κ1) is 35.0. The van der Waals surface area contributed by atoms with Gasteiger partial charge >= 0.3 is 0 Å². The molecule has 248 valence electrons. The highest BCUT2D eigenvalue weighted by Gasteiger charge is 2.53. The predicted octanol–water partition coefficient (Wildman–Crippen LogP) is 4.89. The van der Waals surface area contributed by atoms with Gasteiger partial charge in [-0.25, -0.2) is 4.98 Å². The minimum absolute atomic E-state index is 0.00779. The summed E-state index contributed by atoms with van der Waals surface area (Å²) in [5.41, 5.74) is 1.73. The van der Waals surface area contributed by atoms with Crippen LogP contribution in [0.2, 0.25) is 0 Å². The summed E-state index contributed by atoms with van der Waals surface area (Å²) in [6.45, 7) is 13.6. The van der Waals surface area contributed by atoms with Gasteiger partial charge in [-0.05, 0) is 44.9 Å². The first-order valence-electron chi connectivity index (χ1n) is 16.4. The standard InChI is InChI=1S/C28H37N5O5.C8H12/c1-3-5-6-11-27(4-2)26(36)33(14-13-30-27)16-23(34)31-21-10-9-19-17-37-28(38-18-20(19)15-21)22-8-7-12-29-24(22)32-25(28)35;1-4-5-6-7-8(2)3/h7-10,12,15,19-20,30H,3-6,11,13-14,16-18H2,1-2H3,(H,31,34)(H,29,32,35);4-7H,2H2,1,3H3/b;5-4-,7-6-. The summed E-state index contributed by atoms with van der Waals surface area (Å²) in [6.07, 6.45) is 20.0. The van der Waals surface area contributed by atoms with Gasteiger partial charge in [-0.15, -0.1) is 0 Å². The lowest BCUT2D eigenvalue weighted by Gasteiger charge is -2.42. The van der Waals surface area contributed by atoms with Crippen LogP contribution in [0.4, 0.5) is 5.82 Å². The van der Waals surface area contributed by atoms with Gasteiger partial charge in [0.25, 0.3) is 11.7 Å². The van der Waals surface area contributed by atoms with Crippen LogP contribution in [0.3, 0.4) is 0 Å². The molecule has 46 heavy (non-hydrogen) atoms. The lowest BCUT2D eigenvalue weighted by atomic mass is 9.86. The number of aromatic nitrogens is 1. The van der Waals surface area contributed by atoms with Crippen molar-refractivity contribution in [3.05, 3.63) is 84.3 Å². The molecule has 4 atom stereocenters. The maximum Gasteiger partial charge on any atom is 0.291 e. The van der Waals surface area contributed by atoms with E-state index < -0.39 is 11.3 Å². The van der Waals surface area contributed by atoms with E-state index in [9.17, 15) is 14.4 Å². The summed E-state index contributed by atoms with van der Waals surface area (Å²) in [5, 5.41) is 9.14. The number of anilines is 1. The van der Waals surface area contributed by atoms with Gasteiger partial charge in [0.2, 0.25) is 11.8 Å². The SMILES string of the molecule is C=C(C)/C=C\C=C/C.CCCCCC1(CC)NCCN(CC(=O)NC2=CC3COC4(OCC3C=C2)C(=O)Nc2ncccc24)C1=O. The van der Waals surface area contributed by atoms with Crippen molar-refractivity contribution in [2.75, 3.05) is 38.2 Å². The summed E-state index contributed by atoms with van der Waals surface area (Å²) in [5.74, 6) is -1.77. The summed E-state index contributed by atoms with van der Waals surface area (Å²) in [7, 11) is 0. The van der Waals surface area contributed by atoms with Crippen LogP contribution in [0.25, 0.3) is 0 Å². The molecular weight excluding hydrogens is 582 g/mol. The molecule has 1 aliphatic carbocycles. The monoisotopic (exact) mass is 631 g/mol. The first-order chi connectivity index (χ1) is 22.2. The first-order valence-corrected chi connectivity index (χ1v) is 16.4. The molecule has 4 heterocycles. The number of carbonyl (C=O) groups excluding carboxylic acids is 3. The van der Waals surface area contributed by atoms with Gasteiger partial charge in [0.15, 0.2) is 0 Å². The van der Waals surface area contributed by atoms with E-state index in [1.807, 2.05) is 63.3 Å². The highest BCUT2D eigenvalue weighted by molar-refractivity contribution is 6.03. The molecule has 3 amide bonds. The second-order valence-electron chi connectivity index (χ2n) is 12.2. The van der Waals surface area contributed by atoms with Crippen molar-refractivity contribution in [3.8, 4) is 0 Å². The summed E-state index contributed by atoms with van der Waals surface area (Å²) in [6, 6.07) is 3.53. The lowest BCUT2D eigenvalue weighted by molar-refractivity contribution is -0.222. The van der Waals surface area contributed by atoms with Crippen molar-refractivity contribution < 1.29 is 23.9 Å². The molecule has 10 heteroatoms. The molecule has 4 unspecified atom stereocenters. The van der Waals surface area contributed by atoms with Gasteiger partial charge in [-0.3, -0.25) is 14.4 Å². The number of pyridine rings is 1. The molecule has 1 aromatic rings. The predicted molar refractivity (Wildman–Crippen MR) is 179 cm³/mol. The Labute approximate surface area is 273 Å². The molecule has 1 spiro atoms. The normalized spacial score (nSPS) is 27.0. The molecule has 2 fully saturated rings. The summed E-state index contributed by atoms with van der Waals surface area (Å²) >= 11 is 0. The quantitative estimate of drug-likeness (QED) is 0.248. The Balaban J connectivity index is 0.000000533. The maximum atomic E-state index is 13.4. The average molecular weight is 632 g/mol. The molecule has 1 aromatic heterocycles. The Hall–Kier alpha value is -3.86. The van der Waals surface area contributed by atoms with Crippen molar-refractivity contribution >= 4 is 23.5 Å². The van der Waals surface area contributed by atoms with Crippen LogP contribution in [-0.4, -0.2) is 66.0 Å². The number of hydrogen-bond donors (Lipinski definition) is 3. The number of allylic oxidation sites excluding steroid dienone is 6. The second-order valence-corrected chi connectivity index (χ2v) is 12.2. The van der Waals surface area contributed by atoms with Gasteiger partial charge in [0.1, 0.15) is 5.82 Å². The molecule has 4 aliphatic rings. The zero-order chi connectivity index (χ0) is 33.2. The number of nitrogens with one attached hydrogen (secondary N) is 3. The third-order valence-electron chi connectivity index (χ3n) is 8.77. The van der Waals surface area contributed by atoms with Crippen LogP contribution in [0.1, 0.15) is 65.4 Å². The smallest absolute Gasteiger partial charge is 0.291 e. The Morgan fingerprint density at radius 2 is 1.98 bits per heavy atom. The zero-order valence-electron chi connectivity index (χ0n) is 27.6. The fraction of sp³-hybridized carbons (Fsp3) is 0.500. The number of fused-ring (bicyclic) bond motifs is 3. The van der Waals surface area contributed by atoms with E-state index in [2.05, 4.69) is 34.4 Å². The molecule has 5 rings (SSSR count). The number of ether oxygens (including phenoxy) is 2. The number of carbonyl (C=O) groups is 3. The van der Waals surface area contributed by atoms with Crippen molar-refractivity contribution in [1.82, 2.24) is 20.5 Å². The van der Waals surface area contributed by atoms with E-state index in [4.69, 9.17) is 9.47 Å². The molecule has 0 aromatic carbocycles. The van der Waals surface area contributed by atoms with E-state index in [-0.39, 0.29) is 49.3 Å². The third-order valence-corrected chi connectivity index (χ3v) is 8.77. The summed E-state index contributed by atoms with van der Waals surface area (Å²) < 4.78 is 12.2. The van der Waals surface area contributed by atoms with Crippen molar-refractivity contribution in [3.63, 3.8) is 0 Å². The fourth-order valence-electron chi connectivity index (χ4n) is 6.14. The van der Waals surface area contributed by atoms with Gasteiger partial charge in [0, 0.05) is 36.8 Å². The summed E-state index contributed by atoms with van der Waals surface area (Å²) in [4.78, 5) is 45.0. The second kappa shape index (κ2) is 16.1. The zero-order valence-corrected chi connectivity index (χ0v) is 27.6. The number of rotatable bonds is 10. The Morgan fingerprint density at radius 1 is 1.20 bits per heavy atom. The minimum atomic E-state index is -1.52. The number of piperazine rings is 1. The number of nitrogens with zero attached hydrogens (tertiary/aromatic N) is 2. The number of hydrogen-bond acceptors (Lipinski definition) is 7. The van der Waals surface area contributed by atoms with E-state index in [1.54, 1.807) is 23.2 Å². The average Bonchev–Trinajstić information content (AvgIpc) is 3.18. The van der Waals surface area contributed by atoms with Crippen molar-refractivity contribution in [2.45, 2.75) is 71.1 Å². The molecule has 0 saturated carbocycles. The van der Waals surface area contributed by atoms with Crippen LogP contribution in [0, 0.1) is 11.8 Å². The molecule has 10 nitrogen and oxygen atoms in total. The minimum Gasteiger partial charge on any atom is -0.338 e. The molecule has 0 radical (unpaired) electrons. The highest BCUT2D eigenvalue weighted by Crippen LogP contribution is 2.42. The van der Waals surface area contributed by atoms with E-state index in [0.717, 1.165) is 31.3 Å². The lowest BCUT2D eigenvalue weighted by Crippen LogP contribution is -2.65. The van der Waals surface area contributed by atoms with Crippen molar-refractivity contribution in [1.29, 1.82) is 0 Å². The molecule has 0 bridgehead atoms. The van der Waals surface area contributed by atoms with Crippen molar-refractivity contribution in [2.24, 2.45) is 11.8 Å². The van der Waals surface area contributed by atoms with E-state index in [0.29, 0.717) is 36.6 Å². The van der Waals surface area contributed by atoms with Crippen LogP contribution >= 0.6 is 0 Å². The maximum absolute atomic E-state index is 13.4.